The van der Waals surface area contributed by atoms with Crippen molar-refractivity contribution in [3.63, 3.8) is 0 Å². The van der Waals surface area contributed by atoms with E-state index in [9.17, 15) is 18.0 Å². The number of anilines is 2. The Kier molecular flexibility index (Phi) is 7.42. The standard InChI is InChI=1S/C32H33N5O4S/c1-2-24-13-15-26(16-14-24)34-29(38)22-35-23-37(27-10-4-3-5-11-27)32(31(35)39)17-20-36(21-18-32)42(40,41)28-12-6-8-25-9-7-19-33-30(25)28/h3-16,19H,2,17-18,20-23H2,1H3,(H,34,38). The van der Waals surface area contributed by atoms with Crippen LogP contribution >= 0.6 is 0 Å². The van der Waals surface area contributed by atoms with E-state index in [0.717, 1.165) is 17.5 Å². The predicted octanol–water partition coefficient (Wildman–Crippen LogP) is 4.27. The number of hydrogen-bond donors (Lipinski definition) is 1. The van der Waals surface area contributed by atoms with Crippen LogP contribution in [0.5, 0.6) is 0 Å². The monoisotopic (exact) mass is 583 g/mol. The number of benzene rings is 3. The lowest BCUT2D eigenvalue weighted by molar-refractivity contribution is -0.136. The second-order valence-corrected chi connectivity index (χ2v) is 12.7. The van der Waals surface area contributed by atoms with Crippen molar-refractivity contribution in [1.82, 2.24) is 14.2 Å². The van der Waals surface area contributed by atoms with Gasteiger partial charge in [-0.25, -0.2) is 8.42 Å². The van der Waals surface area contributed by atoms with Crippen LogP contribution in [0.25, 0.3) is 10.9 Å². The largest absolute Gasteiger partial charge is 0.339 e. The zero-order valence-electron chi connectivity index (χ0n) is 23.4. The van der Waals surface area contributed by atoms with Gasteiger partial charge >= 0.3 is 0 Å². The van der Waals surface area contributed by atoms with Crippen LogP contribution in [-0.2, 0) is 26.0 Å². The Labute approximate surface area is 245 Å². The number of nitrogens with zero attached hydrogens (tertiary/aromatic N) is 4. The van der Waals surface area contributed by atoms with E-state index in [1.807, 2.05) is 71.6 Å². The fourth-order valence-electron chi connectivity index (χ4n) is 6.04. The van der Waals surface area contributed by atoms with Gasteiger partial charge in [0.25, 0.3) is 0 Å². The maximum Gasteiger partial charge on any atom is 0.250 e. The molecule has 3 heterocycles. The van der Waals surface area contributed by atoms with E-state index in [1.54, 1.807) is 29.3 Å². The van der Waals surface area contributed by atoms with Gasteiger partial charge in [-0.2, -0.15) is 4.31 Å². The van der Waals surface area contributed by atoms with Crippen molar-refractivity contribution in [3.8, 4) is 0 Å². The van der Waals surface area contributed by atoms with Gasteiger partial charge in [-0.1, -0.05) is 55.5 Å². The van der Waals surface area contributed by atoms with Gasteiger partial charge in [-0.05, 0) is 61.2 Å². The van der Waals surface area contributed by atoms with Crippen LogP contribution in [0.1, 0.15) is 25.3 Å². The molecule has 0 radical (unpaired) electrons. The Morgan fingerprint density at radius 2 is 1.64 bits per heavy atom. The molecule has 0 aliphatic carbocycles. The zero-order chi connectivity index (χ0) is 29.3. The summed E-state index contributed by atoms with van der Waals surface area (Å²) in [5, 5.41) is 3.65. The molecule has 0 saturated carbocycles. The summed E-state index contributed by atoms with van der Waals surface area (Å²) in [5.41, 5.74) is 2.20. The molecule has 9 nitrogen and oxygen atoms in total. The minimum Gasteiger partial charge on any atom is -0.339 e. The summed E-state index contributed by atoms with van der Waals surface area (Å²) in [6, 6.07) is 26.1. The van der Waals surface area contributed by atoms with E-state index in [2.05, 4.69) is 17.2 Å². The Bertz CT molecular complexity index is 1710. The molecule has 2 aliphatic rings. The molecule has 6 rings (SSSR count). The third-order valence-corrected chi connectivity index (χ3v) is 10.3. The number of piperidine rings is 1. The number of fused-ring (bicyclic) bond motifs is 1. The first kappa shape index (κ1) is 27.9. The number of para-hydroxylation sites is 2. The Hall–Kier alpha value is -4.28. The third-order valence-electron chi connectivity index (χ3n) is 8.33. The number of carbonyl (C=O) groups is 2. The summed E-state index contributed by atoms with van der Waals surface area (Å²) in [7, 11) is -3.84. The number of carbonyl (C=O) groups excluding carboxylic acids is 2. The van der Waals surface area contributed by atoms with Crippen molar-refractivity contribution in [2.45, 2.75) is 36.6 Å². The quantitative estimate of drug-likeness (QED) is 0.349. The lowest BCUT2D eigenvalue weighted by Crippen LogP contribution is -2.57. The second kappa shape index (κ2) is 11.2. The summed E-state index contributed by atoms with van der Waals surface area (Å²) in [6.07, 6.45) is 3.10. The van der Waals surface area contributed by atoms with Gasteiger partial charge in [-0.3, -0.25) is 14.6 Å². The van der Waals surface area contributed by atoms with Gasteiger partial charge in [0.1, 0.15) is 17.0 Å². The molecule has 10 heteroatoms. The molecule has 216 valence electrons. The van der Waals surface area contributed by atoms with Crippen LogP contribution in [0, 0.1) is 0 Å². The number of aryl methyl sites for hydroxylation is 1. The topological polar surface area (TPSA) is 103 Å². The van der Waals surface area contributed by atoms with Crippen LogP contribution in [0.4, 0.5) is 11.4 Å². The number of pyridine rings is 1. The summed E-state index contributed by atoms with van der Waals surface area (Å²) < 4.78 is 29.0. The molecular weight excluding hydrogens is 550 g/mol. The smallest absolute Gasteiger partial charge is 0.250 e. The number of sulfonamides is 1. The lowest BCUT2D eigenvalue weighted by atomic mass is 9.86. The molecule has 1 aromatic heterocycles. The fraction of sp³-hybridized carbons (Fsp3) is 0.281. The van der Waals surface area contributed by atoms with Gasteiger partial charge in [-0.15, -0.1) is 0 Å². The van der Waals surface area contributed by atoms with E-state index in [1.165, 1.54) is 9.87 Å². The highest BCUT2D eigenvalue weighted by Gasteiger charge is 2.55. The molecule has 0 unspecified atom stereocenters. The van der Waals surface area contributed by atoms with Gasteiger partial charge in [0.05, 0.1) is 12.2 Å². The fourth-order valence-corrected chi connectivity index (χ4v) is 7.65. The summed E-state index contributed by atoms with van der Waals surface area (Å²) in [4.78, 5) is 35.2. The highest BCUT2D eigenvalue weighted by molar-refractivity contribution is 7.89. The van der Waals surface area contributed by atoms with Crippen molar-refractivity contribution >= 4 is 44.1 Å². The molecule has 1 spiro atoms. The first-order valence-corrected chi connectivity index (χ1v) is 15.6. The molecular formula is C32H33N5O4S. The van der Waals surface area contributed by atoms with Crippen molar-refractivity contribution in [2.24, 2.45) is 0 Å². The van der Waals surface area contributed by atoms with Crippen LogP contribution in [-0.4, -0.2) is 66.3 Å². The maximum absolute atomic E-state index is 14.1. The summed E-state index contributed by atoms with van der Waals surface area (Å²) in [6.45, 7) is 2.56. The van der Waals surface area contributed by atoms with E-state index >= 15 is 0 Å². The van der Waals surface area contributed by atoms with Crippen LogP contribution in [0.2, 0.25) is 0 Å². The predicted molar refractivity (Wildman–Crippen MR) is 162 cm³/mol. The molecule has 2 aliphatic heterocycles. The minimum absolute atomic E-state index is 0.0941. The molecule has 2 amide bonds. The number of nitrogens with one attached hydrogen (secondary N) is 1. The average molecular weight is 584 g/mol. The Morgan fingerprint density at radius 1 is 0.929 bits per heavy atom. The van der Waals surface area contributed by atoms with Crippen molar-refractivity contribution in [1.29, 1.82) is 0 Å². The van der Waals surface area contributed by atoms with Crippen molar-refractivity contribution in [2.75, 3.05) is 36.5 Å². The van der Waals surface area contributed by atoms with Crippen LogP contribution < -0.4 is 10.2 Å². The molecule has 2 saturated heterocycles. The summed E-state index contributed by atoms with van der Waals surface area (Å²) >= 11 is 0. The molecule has 42 heavy (non-hydrogen) atoms. The van der Waals surface area contributed by atoms with E-state index in [-0.39, 0.29) is 43.0 Å². The second-order valence-electron chi connectivity index (χ2n) is 10.8. The molecule has 3 aromatic carbocycles. The van der Waals surface area contributed by atoms with E-state index < -0.39 is 15.6 Å². The van der Waals surface area contributed by atoms with Gasteiger partial charge in [0.15, 0.2) is 0 Å². The first-order valence-electron chi connectivity index (χ1n) is 14.2. The highest BCUT2D eigenvalue weighted by Crippen LogP contribution is 2.40. The minimum atomic E-state index is -3.84. The number of aromatic nitrogens is 1. The average Bonchev–Trinajstić information content (AvgIpc) is 3.27. The summed E-state index contributed by atoms with van der Waals surface area (Å²) in [5.74, 6) is -0.437. The number of amides is 2. The van der Waals surface area contributed by atoms with Gasteiger partial charge < -0.3 is 15.1 Å². The third kappa shape index (κ3) is 5.01. The maximum atomic E-state index is 14.1. The van der Waals surface area contributed by atoms with Crippen LogP contribution in [0.15, 0.2) is 96.0 Å². The molecule has 4 aromatic rings. The number of rotatable bonds is 7. The van der Waals surface area contributed by atoms with Crippen molar-refractivity contribution < 1.29 is 18.0 Å². The molecule has 1 N–H and O–H groups in total. The SMILES string of the molecule is CCc1ccc(NC(=O)CN2CN(c3ccccc3)C3(CCN(S(=O)(=O)c4cccc5cccnc45)CC3)C2=O)cc1. The normalized spacial score (nSPS) is 17.2. The molecule has 0 bridgehead atoms. The number of hydrogen-bond acceptors (Lipinski definition) is 6. The Morgan fingerprint density at radius 3 is 2.36 bits per heavy atom. The van der Waals surface area contributed by atoms with Crippen molar-refractivity contribution in [3.05, 3.63) is 96.7 Å². The zero-order valence-corrected chi connectivity index (χ0v) is 24.3. The van der Waals surface area contributed by atoms with Gasteiger partial charge in [0, 0.05) is 36.0 Å². The van der Waals surface area contributed by atoms with Crippen LogP contribution in [0.3, 0.4) is 0 Å². The highest BCUT2D eigenvalue weighted by atomic mass is 32.2. The lowest BCUT2D eigenvalue weighted by Gasteiger charge is -2.42. The molecule has 2 fully saturated rings. The first-order chi connectivity index (χ1) is 20.3. The Balaban J connectivity index is 1.23. The van der Waals surface area contributed by atoms with E-state index in [4.69, 9.17) is 0 Å². The molecule has 0 atom stereocenters. The van der Waals surface area contributed by atoms with E-state index in [0.29, 0.717) is 24.0 Å². The van der Waals surface area contributed by atoms with Gasteiger partial charge in [0.2, 0.25) is 21.8 Å².